The van der Waals surface area contributed by atoms with Gasteiger partial charge >= 0.3 is 12.1 Å². The number of hydrogen-bond donors (Lipinski definition) is 8. The Hall–Kier alpha value is -7.38. The molecule has 2 aromatic carbocycles. The Morgan fingerprint density at radius 2 is 1.60 bits per heavy atom. The van der Waals surface area contributed by atoms with Gasteiger partial charge in [-0.2, -0.15) is 4.98 Å². The van der Waals surface area contributed by atoms with E-state index in [1.807, 2.05) is 24.4 Å². The van der Waals surface area contributed by atoms with Crippen molar-refractivity contribution in [1.29, 1.82) is 0 Å². The molecule has 2 fully saturated rings. The summed E-state index contributed by atoms with van der Waals surface area (Å²) in [6.45, 7) is 5.42. The lowest BCUT2D eigenvalue weighted by Crippen LogP contribution is -2.61. The number of ether oxygens (including phenoxy) is 4. The fourth-order valence-corrected chi connectivity index (χ4v) is 8.37. The number of carbonyl (C=O) groups is 6. The lowest BCUT2D eigenvalue weighted by atomic mass is 9.99. The largest absolute Gasteiger partial charge is 0.496 e. The highest BCUT2D eigenvalue weighted by Crippen LogP contribution is 2.32. The molecule has 1 unspecified atom stereocenters. The lowest BCUT2D eigenvalue weighted by Gasteiger charge is -2.38. The van der Waals surface area contributed by atoms with Crippen molar-refractivity contribution >= 4 is 64.2 Å². The van der Waals surface area contributed by atoms with Crippen LogP contribution in [0.5, 0.6) is 11.5 Å². The van der Waals surface area contributed by atoms with E-state index in [1.165, 1.54) is 18.2 Å². The van der Waals surface area contributed by atoms with Gasteiger partial charge in [0.25, 0.3) is 11.8 Å². The number of carbonyl (C=O) groups excluding carboxylic acids is 5. The van der Waals surface area contributed by atoms with Crippen LogP contribution in [0.1, 0.15) is 55.7 Å². The first-order chi connectivity index (χ1) is 34.6. The number of hydrogen-bond acceptors (Lipinski definition) is 18. The van der Waals surface area contributed by atoms with Gasteiger partial charge in [0.2, 0.25) is 24.1 Å². The molecular formula is C48H60N10O14. The number of aliphatic hydroxyl groups excluding tert-OH is 3. The monoisotopic (exact) mass is 1000 g/mol. The summed E-state index contributed by atoms with van der Waals surface area (Å²) in [5.41, 5.74) is 9.99. The number of fused-ring (bicyclic) bond motifs is 1. The molecule has 2 aromatic heterocycles. The van der Waals surface area contributed by atoms with Crippen LogP contribution in [0.4, 0.5) is 22.2 Å². The van der Waals surface area contributed by atoms with Crippen LogP contribution in [-0.2, 0) is 53.1 Å². The van der Waals surface area contributed by atoms with Crippen molar-refractivity contribution in [3.05, 3.63) is 77.5 Å². The Bertz CT molecular complexity index is 2640. The maximum Gasteiger partial charge on any atom is 0.410 e. The van der Waals surface area contributed by atoms with Crippen LogP contribution in [0.15, 0.2) is 60.8 Å². The zero-order chi connectivity index (χ0) is 51.5. The van der Waals surface area contributed by atoms with E-state index in [0.29, 0.717) is 50.6 Å². The van der Waals surface area contributed by atoms with Gasteiger partial charge in [-0.1, -0.05) is 38.0 Å². The van der Waals surface area contributed by atoms with Gasteiger partial charge in [0.05, 0.1) is 24.9 Å². The minimum Gasteiger partial charge on any atom is -0.496 e. The molecule has 3 aliphatic heterocycles. The molecule has 0 saturated carbocycles. The first-order valence-corrected chi connectivity index (χ1v) is 23.6. The smallest absolute Gasteiger partial charge is 0.410 e. The van der Waals surface area contributed by atoms with Crippen LogP contribution in [0.25, 0.3) is 11.0 Å². The summed E-state index contributed by atoms with van der Waals surface area (Å²) in [7, 11) is 1.64. The van der Waals surface area contributed by atoms with Gasteiger partial charge < -0.3 is 70.5 Å². The van der Waals surface area contributed by atoms with Crippen LogP contribution in [-0.4, -0.2) is 169 Å². The summed E-state index contributed by atoms with van der Waals surface area (Å²) < 4.78 is 24.6. The first-order valence-electron chi connectivity index (χ1n) is 23.6. The number of benzene rings is 2. The molecule has 386 valence electrons. The molecule has 24 nitrogen and oxygen atoms in total. The molecule has 0 bridgehead atoms. The second kappa shape index (κ2) is 24.2. The first kappa shape index (κ1) is 52.4. The van der Waals surface area contributed by atoms with Crippen LogP contribution in [0.3, 0.4) is 0 Å². The molecule has 0 radical (unpaired) electrons. The van der Waals surface area contributed by atoms with Crippen LogP contribution < -0.4 is 31.2 Å². The normalized spacial score (nSPS) is 20.2. The van der Waals surface area contributed by atoms with E-state index >= 15 is 0 Å². The van der Waals surface area contributed by atoms with Crippen molar-refractivity contribution in [2.45, 2.75) is 89.4 Å². The molecule has 9 N–H and O–H groups in total. The number of aromatic nitrogens is 3. The number of rotatable bonds is 22. The minimum atomic E-state index is -1.97. The summed E-state index contributed by atoms with van der Waals surface area (Å²) in [4.78, 5) is 87.8. The molecule has 4 aromatic rings. The number of carboxylic acids is 1. The van der Waals surface area contributed by atoms with Gasteiger partial charge in [-0.3, -0.25) is 29.0 Å². The average Bonchev–Trinajstić information content (AvgIpc) is 3.92. The number of nitrogens with one attached hydrogen (secondary N) is 3. The topological polar surface area (TPSA) is 323 Å². The Labute approximate surface area is 413 Å². The van der Waals surface area contributed by atoms with Crippen molar-refractivity contribution < 1.29 is 68.1 Å². The molecule has 5 amide bonds. The molecule has 3 aliphatic rings. The second-order valence-corrected chi connectivity index (χ2v) is 17.4. The molecule has 24 heteroatoms. The van der Waals surface area contributed by atoms with E-state index in [9.17, 15) is 49.2 Å². The molecule has 7 rings (SSSR count). The molecule has 0 aliphatic carbocycles. The number of aliphatic carboxylic acids is 1. The third kappa shape index (κ3) is 13.1. The van der Waals surface area contributed by atoms with Crippen LogP contribution >= 0.6 is 0 Å². The van der Waals surface area contributed by atoms with E-state index in [2.05, 4.69) is 48.4 Å². The number of imide groups is 1. The lowest BCUT2D eigenvalue weighted by molar-refractivity contribution is -0.271. The van der Waals surface area contributed by atoms with E-state index in [0.717, 1.165) is 70.8 Å². The summed E-state index contributed by atoms with van der Waals surface area (Å²) in [5, 5.41) is 49.2. The highest BCUT2D eigenvalue weighted by Gasteiger charge is 2.48. The molecule has 5 atom stereocenters. The number of anilines is 3. The van der Waals surface area contributed by atoms with Gasteiger partial charge in [-0.15, -0.1) is 0 Å². The number of piperazine rings is 1. The van der Waals surface area contributed by atoms with Crippen molar-refractivity contribution in [3.8, 4) is 11.5 Å². The average molecular weight is 1000 g/mol. The Morgan fingerprint density at radius 3 is 2.32 bits per heavy atom. The Kier molecular flexibility index (Phi) is 17.6. The van der Waals surface area contributed by atoms with Gasteiger partial charge in [-0.05, 0) is 41.8 Å². The summed E-state index contributed by atoms with van der Waals surface area (Å²) in [6, 6.07) is 12.3. The molecule has 72 heavy (non-hydrogen) atoms. The van der Waals surface area contributed by atoms with Crippen molar-refractivity contribution in [2.24, 2.45) is 0 Å². The number of amides is 5. The van der Waals surface area contributed by atoms with E-state index < -0.39 is 66.4 Å². The third-order valence-corrected chi connectivity index (χ3v) is 12.3. The summed E-state index contributed by atoms with van der Waals surface area (Å²) in [6.07, 6.45) is -3.24. The minimum absolute atomic E-state index is 0.0296. The number of methoxy groups -OCH3 is 1. The number of unbranched alkanes of at least 4 members (excludes halogenated alkanes) is 2. The zero-order valence-electron chi connectivity index (χ0n) is 39.9. The zero-order valence-corrected chi connectivity index (χ0v) is 39.9. The third-order valence-electron chi connectivity index (χ3n) is 12.3. The van der Waals surface area contributed by atoms with Crippen LogP contribution in [0, 0.1) is 0 Å². The number of nitrogens with zero attached hydrogens (tertiary/aromatic N) is 6. The van der Waals surface area contributed by atoms with Gasteiger partial charge in [0, 0.05) is 89.1 Å². The van der Waals surface area contributed by atoms with E-state index in [1.54, 1.807) is 12.0 Å². The Morgan fingerprint density at radius 1 is 0.847 bits per heavy atom. The highest BCUT2D eigenvalue weighted by molar-refractivity contribution is 6.13. The van der Waals surface area contributed by atoms with Crippen molar-refractivity contribution in [3.63, 3.8) is 0 Å². The van der Waals surface area contributed by atoms with Gasteiger partial charge in [0.15, 0.2) is 11.9 Å². The van der Waals surface area contributed by atoms with Gasteiger partial charge in [0.1, 0.15) is 41.9 Å². The second-order valence-electron chi connectivity index (χ2n) is 17.4. The summed E-state index contributed by atoms with van der Waals surface area (Å²) >= 11 is 0. The standard InChI is InChI=1S/C48H60N10O14/c1-3-4-5-15-51-44-39-31(53-47(49)54-44)13-17-57(39)26-30-8-6-28(24-34(30)69-2)25-55-19-21-56(22-20-55)48(68)70-27-29-7-9-33(71-46-42(65)40(63)41(64)43(72-46)45(66)67)32(23-29)52-36(60)12-16-50-35(59)14-18-58-37(61)10-11-38(58)62/h6-11,13,17,23-24,40-43,46,63-65H,3-5,12,14-16,18-22,25-27H2,1-2H3,(H,50,59)(H,52,60)(H,66,67)(H3,49,51,53,54)/t40-,41-,42+,43-,46?/m1/s1. The maximum atomic E-state index is 13.3. The van der Waals surface area contributed by atoms with E-state index in [4.69, 9.17) is 24.7 Å². The summed E-state index contributed by atoms with van der Waals surface area (Å²) in [5.74, 6) is -2.37. The highest BCUT2D eigenvalue weighted by atomic mass is 16.7. The number of aliphatic hydroxyl groups is 3. The van der Waals surface area contributed by atoms with Crippen molar-refractivity contribution in [2.75, 3.05) is 69.3 Å². The fraction of sp³-hybridized carbons (Fsp3) is 0.458. The number of nitrogens with two attached hydrogens (primary N) is 1. The SMILES string of the molecule is CCCCCNc1nc(N)nc2ccn(Cc3ccc(CN4CCN(C(=O)OCc5ccc(OC6O[C@@H](C(=O)O)[C@H](O)[C@@H](O)[C@@H]6O)c(NC(=O)CCNC(=O)CCN6C(=O)C=CC6=O)c5)CC4)cc3OC)c12. The molecule has 0 spiro atoms. The molecule has 2 saturated heterocycles. The van der Waals surface area contributed by atoms with Gasteiger partial charge in [-0.25, -0.2) is 14.6 Å². The molecular weight excluding hydrogens is 941 g/mol. The maximum absolute atomic E-state index is 13.3. The fourth-order valence-electron chi connectivity index (χ4n) is 8.37. The Balaban J connectivity index is 0.931. The quantitative estimate of drug-likeness (QED) is 0.0404. The number of nitrogen functional groups attached to an aromatic ring is 1. The van der Waals surface area contributed by atoms with Crippen molar-refractivity contribution in [1.82, 2.24) is 34.6 Å². The molecule has 5 heterocycles. The number of carboxylic acid groups (broad SMARTS) is 1. The van der Waals surface area contributed by atoms with Crippen LogP contribution in [0.2, 0.25) is 0 Å². The predicted molar refractivity (Wildman–Crippen MR) is 257 cm³/mol. The predicted octanol–water partition coefficient (Wildman–Crippen LogP) is 1.16. The van der Waals surface area contributed by atoms with E-state index in [-0.39, 0.29) is 49.9 Å².